The summed E-state index contributed by atoms with van der Waals surface area (Å²) < 4.78 is 10.0. The minimum Gasteiger partial charge on any atom is -0.396 e. The van der Waals surface area contributed by atoms with E-state index in [1.807, 2.05) is 0 Å². The summed E-state index contributed by atoms with van der Waals surface area (Å²) in [5.41, 5.74) is 0. The van der Waals surface area contributed by atoms with Crippen molar-refractivity contribution >= 4 is 7.60 Å². The lowest BCUT2D eigenvalue weighted by Crippen LogP contribution is -1.76. The van der Waals surface area contributed by atoms with E-state index in [1.54, 1.807) is 0 Å². The number of hydrogen-bond acceptors (Lipinski definition) is 2. The molecule has 4 nitrogen and oxygen atoms in total. The number of aliphatic hydroxyl groups is 1. The molecule has 9 heavy (non-hydrogen) atoms. The molecule has 0 unspecified atom stereocenters. The van der Waals surface area contributed by atoms with Crippen LogP contribution in [-0.2, 0) is 4.57 Å². The van der Waals surface area contributed by atoms with Crippen molar-refractivity contribution in [3.63, 3.8) is 0 Å². The van der Waals surface area contributed by atoms with E-state index in [9.17, 15) is 4.57 Å². The smallest absolute Gasteiger partial charge is 0.348 e. The van der Waals surface area contributed by atoms with Crippen LogP contribution in [0.5, 0.6) is 0 Å². The average Bonchev–Trinajstić information content (AvgIpc) is 1.63. The molecule has 5 heteroatoms. The summed E-state index contributed by atoms with van der Waals surface area (Å²) in [6.45, 7) is -0.0868. The van der Waals surface area contributed by atoms with Gasteiger partial charge in [0.15, 0.2) is 0 Å². The van der Waals surface area contributed by atoms with Gasteiger partial charge in [0.05, 0.1) is 0 Å². The molecule has 0 aliphatic carbocycles. The second-order valence-corrected chi connectivity index (χ2v) is 2.96. The van der Waals surface area contributed by atoms with Gasteiger partial charge in [0.25, 0.3) is 0 Å². The average molecular weight is 152 g/mol. The third-order valence-electron chi connectivity index (χ3n) is 0.595. The zero-order valence-corrected chi connectivity index (χ0v) is 5.66. The van der Waals surface area contributed by atoms with Crippen molar-refractivity contribution in [3.05, 3.63) is 11.9 Å². The molecular weight excluding hydrogens is 143 g/mol. The van der Waals surface area contributed by atoms with E-state index in [4.69, 9.17) is 14.9 Å². The summed E-state index contributed by atoms with van der Waals surface area (Å²) in [5.74, 6) is 0.781. The van der Waals surface area contributed by atoms with E-state index in [0.717, 1.165) is 5.82 Å². The predicted molar refractivity (Wildman–Crippen MR) is 32.9 cm³/mol. The largest absolute Gasteiger partial charge is 0.396 e. The van der Waals surface area contributed by atoms with E-state index in [-0.39, 0.29) is 13.0 Å². The maximum atomic E-state index is 10.0. The molecule has 0 heterocycles. The molecule has 0 aromatic carbocycles. The van der Waals surface area contributed by atoms with Crippen LogP contribution < -0.4 is 0 Å². The summed E-state index contributed by atoms with van der Waals surface area (Å²) >= 11 is 0. The quantitative estimate of drug-likeness (QED) is 0.499. The Hall–Kier alpha value is -0.150. The highest BCUT2D eigenvalue weighted by Gasteiger charge is 2.03. The summed E-state index contributed by atoms with van der Waals surface area (Å²) in [4.78, 5) is 16.4. The van der Waals surface area contributed by atoms with Gasteiger partial charge in [0, 0.05) is 12.4 Å². The van der Waals surface area contributed by atoms with Crippen molar-refractivity contribution in [3.8, 4) is 0 Å². The van der Waals surface area contributed by atoms with E-state index in [1.165, 1.54) is 6.08 Å². The Morgan fingerprint density at radius 1 is 1.44 bits per heavy atom. The first-order chi connectivity index (χ1) is 4.06. The van der Waals surface area contributed by atoms with Crippen LogP contribution in [0.25, 0.3) is 0 Å². The van der Waals surface area contributed by atoms with E-state index in [0.29, 0.717) is 0 Å². The molecule has 0 bridgehead atoms. The Morgan fingerprint density at radius 3 is 2.33 bits per heavy atom. The molecule has 0 aromatic heterocycles. The molecule has 0 aliphatic heterocycles. The lowest BCUT2D eigenvalue weighted by atomic mass is 10.5. The van der Waals surface area contributed by atoms with Gasteiger partial charge in [0.1, 0.15) is 0 Å². The second-order valence-electron chi connectivity index (χ2n) is 1.49. The highest BCUT2D eigenvalue weighted by Crippen LogP contribution is 2.35. The summed E-state index contributed by atoms with van der Waals surface area (Å²) in [7, 11) is -3.99. The van der Waals surface area contributed by atoms with Gasteiger partial charge in [-0.1, -0.05) is 6.08 Å². The molecule has 0 saturated heterocycles. The van der Waals surface area contributed by atoms with Crippen molar-refractivity contribution in [2.24, 2.45) is 0 Å². The van der Waals surface area contributed by atoms with Crippen LogP contribution in [-0.4, -0.2) is 21.5 Å². The van der Waals surface area contributed by atoms with Crippen LogP contribution in [0.15, 0.2) is 11.9 Å². The normalized spacial score (nSPS) is 12.8. The molecule has 0 aliphatic rings. The van der Waals surface area contributed by atoms with E-state index < -0.39 is 7.60 Å². The molecule has 0 fully saturated rings. The fraction of sp³-hybridized carbons (Fsp3) is 0.500. The SMILES string of the molecule is O=P(O)(O)/C=C\CCO. The maximum absolute atomic E-state index is 10.0. The highest BCUT2D eigenvalue weighted by atomic mass is 31.2. The van der Waals surface area contributed by atoms with E-state index in [2.05, 4.69) is 0 Å². The molecular formula is C4H9O4P. The van der Waals surface area contributed by atoms with Gasteiger partial charge < -0.3 is 14.9 Å². The lowest BCUT2D eigenvalue weighted by Gasteiger charge is -1.91. The first kappa shape index (κ1) is 8.85. The molecule has 0 spiro atoms. The predicted octanol–water partition coefficient (Wildman–Crippen LogP) is 0.0602. The van der Waals surface area contributed by atoms with Crippen molar-refractivity contribution in [2.45, 2.75) is 6.42 Å². The maximum Gasteiger partial charge on any atom is 0.348 e. The Kier molecular flexibility index (Phi) is 3.73. The van der Waals surface area contributed by atoms with Crippen LogP contribution in [0.1, 0.15) is 6.42 Å². The topological polar surface area (TPSA) is 77.8 Å². The van der Waals surface area contributed by atoms with Crippen molar-refractivity contribution in [2.75, 3.05) is 6.61 Å². The minimum atomic E-state index is -3.99. The van der Waals surface area contributed by atoms with Gasteiger partial charge in [-0.15, -0.1) is 0 Å². The van der Waals surface area contributed by atoms with Crippen LogP contribution >= 0.6 is 7.60 Å². The van der Waals surface area contributed by atoms with Crippen molar-refractivity contribution < 1.29 is 19.5 Å². The fourth-order valence-corrected chi connectivity index (χ4v) is 0.710. The van der Waals surface area contributed by atoms with Crippen LogP contribution in [0, 0.1) is 0 Å². The monoisotopic (exact) mass is 152 g/mol. The van der Waals surface area contributed by atoms with Gasteiger partial charge in [-0.05, 0) is 6.42 Å². The van der Waals surface area contributed by atoms with Gasteiger partial charge in [-0.3, -0.25) is 4.57 Å². The Balaban J connectivity index is 3.58. The number of hydrogen-bond donors (Lipinski definition) is 3. The van der Waals surface area contributed by atoms with Crippen LogP contribution in [0.3, 0.4) is 0 Å². The first-order valence-corrected chi connectivity index (χ1v) is 4.08. The fourth-order valence-electron chi connectivity index (χ4n) is 0.286. The zero-order valence-electron chi connectivity index (χ0n) is 4.77. The van der Waals surface area contributed by atoms with Gasteiger partial charge >= 0.3 is 7.60 Å². The standard InChI is InChI=1S/C4H9O4P/c5-3-1-2-4-9(6,7)8/h2,4-5H,1,3H2,(H2,6,7,8)/b4-2-. The Bertz CT molecular complexity index is 136. The highest BCUT2D eigenvalue weighted by molar-refractivity contribution is 7.55. The van der Waals surface area contributed by atoms with Gasteiger partial charge in [-0.25, -0.2) is 0 Å². The number of aliphatic hydroxyl groups excluding tert-OH is 1. The zero-order chi connectivity index (χ0) is 7.33. The minimum absolute atomic E-state index is 0.0868. The Morgan fingerprint density at radius 2 is 2.00 bits per heavy atom. The first-order valence-electron chi connectivity index (χ1n) is 2.40. The molecule has 54 valence electrons. The molecule has 0 atom stereocenters. The van der Waals surface area contributed by atoms with Crippen molar-refractivity contribution in [1.82, 2.24) is 0 Å². The van der Waals surface area contributed by atoms with Gasteiger partial charge in [-0.2, -0.15) is 0 Å². The molecule has 0 aromatic rings. The van der Waals surface area contributed by atoms with Gasteiger partial charge in [0.2, 0.25) is 0 Å². The van der Waals surface area contributed by atoms with E-state index >= 15 is 0 Å². The molecule has 0 radical (unpaired) electrons. The summed E-state index contributed by atoms with van der Waals surface area (Å²) in [5, 5.41) is 8.16. The molecule has 0 amide bonds. The Labute approximate surface area is 53.0 Å². The van der Waals surface area contributed by atoms with Crippen LogP contribution in [0.4, 0.5) is 0 Å². The third kappa shape index (κ3) is 7.85. The molecule has 0 rings (SSSR count). The van der Waals surface area contributed by atoms with Crippen LogP contribution in [0.2, 0.25) is 0 Å². The molecule has 0 saturated carbocycles. The lowest BCUT2D eigenvalue weighted by molar-refractivity contribution is 0.302. The third-order valence-corrected chi connectivity index (χ3v) is 1.19. The van der Waals surface area contributed by atoms with Crippen molar-refractivity contribution in [1.29, 1.82) is 0 Å². The molecule has 3 N–H and O–H groups in total. The summed E-state index contributed by atoms with van der Waals surface area (Å²) in [6, 6.07) is 0. The second kappa shape index (κ2) is 3.80. The number of rotatable bonds is 3. The summed E-state index contributed by atoms with van der Waals surface area (Å²) in [6.07, 6.45) is 1.53.